The number of carbonyl (C=O) groups is 1. The number of anilines is 1. The van der Waals surface area contributed by atoms with Crippen LogP contribution in [0.1, 0.15) is 22.4 Å². The van der Waals surface area contributed by atoms with Crippen LogP contribution in [0.25, 0.3) is 33.7 Å². The second-order valence-electron chi connectivity index (χ2n) is 8.11. The number of H-pyrrole nitrogens is 1. The highest BCUT2D eigenvalue weighted by molar-refractivity contribution is 6.24. The molecule has 1 aromatic carbocycles. The average Bonchev–Trinajstić information content (AvgIpc) is 3.26. The number of benzene rings is 1. The zero-order valence-electron chi connectivity index (χ0n) is 18.8. The number of hydrogen-bond acceptors (Lipinski definition) is 5. The molecule has 0 saturated heterocycles. The van der Waals surface area contributed by atoms with Gasteiger partial charge < -0.3 is 20.4 Å². The topological polar surface area (TPSA) is 91.9 Å². The SMILES string of the molecule is CNC(=O)/C(=C\c1cc2cnccc2[nH]1)c1ccc(C)c(-c2cnc3c(c2C)NCCO3)c1. The number of aryl methyl sites for hydroxylation is 1. The summed E-state index contributed by atoms with van der Waals surface area (Å²) in [4.78, 5) is 24.9. The molecule has 1 aliphatic rings. The van der Waals surface area contributed by atoms with Crippen molar-refractivity contribution < 1.29 is 9.53 Å². The fourth-order valence-corrected chi connectivity index (χ4v) is 4.21. The molecule has 7 heteroatoms. The predicted molar refractivity (Wildman–Crippen MR) is 131 cm³/mol. The first-order chi connectivity index (χ1) is 16.0. The highest BCUT2D eigenvalue weighted by atomic mass is 16.5. The number of amides is 1. The molecule has 0 aliphatic carbocycles. The first-order valence-corrected chi connectivity index (χ1v) is 10.9. The van der Waals surface area contributed by atoms with Gasteiger partial charge in [-0.15, -0.1) is 0 Å². The number of likely N-dealkylation sites (N-methyl/N-ethyl adjacent to an activating group) is 1. The van der Waals surface area contributed by atoms with Crippen LogP contribution in [0, 0.1) is 13.8 Å². The molecule has 166 valence electrons. The van der Waals surface area contributed by atoms with Crippen molar-refractivity contribution in [2.45, 2.75) is 13.8 Å². The molecule has 5 rings (SSSR count). The summed E-state index contributed by atoms with van der Waals surface area (Å²) in [6.45, 7) is 5.49. The molecule has 0 fully saturated rings. The van der Waals surface area contributed by atoms with Crippen molar-refractivity contribution in [3.8, 4) is 17.0 Å². The zero-order chi connectivity index (χ0) is 22.9. The van der Waals surface area contributed by atoms with Crippen molar-refractivity contribution >= 4 is 34.1 Å². The molecule has 0 atom stereocenters. The Morgan fingerprint density at radius 2 is 2.03 bits per heavy atom. The zero-order valence-corrected chi connectivity index (χ0v) is 18.8. The lowest BCUT2D eigenvalue weighted by molar-refractivity contribution is -0.115. The van der Waals surface area contributed by atoms with E-state index >= 15 is 0 Å². The molecule has 7 nitrogen and oxygen atoms in total. The van der Waals surface area contributed by atoms with Crippen LogP contribution in [0.3, 0.4) is 0 Å². The third-order valence-corrected chi connectivity index (χ3v) is 6.00. The van der Waals surface area contributed by atoms with Crippen molar-refractivity contribution in [1.29, 1.82) is 0 Å². The predicted octanol–water partition coefficient (Wildman–Crippen LogP) is 4.33. The molecule has 3 N–H and O–H groups in total. The number of hydrogen-bond donors (Lipinski definition) is 3. The maximum Gasteiger partial charge on any atom is 0.251 e. The van der Waals surface area contributed by atoms with E-state index in [0.29, 0.717) is 18.1 Å². The number of rotatable bonds is 4. The summed E-state index contributed by atoms with van der Waals surface area (Å²) < 4.78 is 5.68. The normalized spacial score (nSPS) is 13.2. The lowest BCUT2D eigenvalue weighted by atomic mass is 9.92. The van der Waals surface area contributed by atoms with Crippen LogP contribution in [0.2, 0.25) is 0 Å². The molecule has 0 bridgehead atoms. The van der Waals surface area contributed by atoms with Crippen molar-refractivity contribution in [3.05, 3.63) is 71.3 Å². The number of pyridine rings is 2. The molecular weight excluding hydrogens is 414 g/mol. The molecule has 0 spiro atoms. The minimum Gasteiger partial charge on any atom is -0.474 e. The smallest absolute Gasteiger partial charge is 0.251 e. The molecule has 4 heterocycles. The quantitative estimate of drug-likeness (QED) is 0.412. The van der Waals surface area contributed by atoms with Crippen molar-refractivity contribution in [1.82, 2.24) is 20.3 Å². The van der Waals surface area contributed by atoms with Crippen LogP contribution in [0.15, 0.2) is 48.9 Å². The Labute approximate surface area is 191 Å². The van der Waals surface area contributed by atoms with Crippen LogP contribution >= 0.6 is 0 Å². The van der Waals surface area contributed by atoms with Gasteiger partial charge >= 0.3 is 0 Å². The van der Waals surface area contributed by atoms with Gasteiger partial charge in [0, 0.05) is 59.9 Å². The largest absolute Gasteiger partial charge is 0.474 e. The maximum atomic E-state index is 12.9. The van der Waals surface area contributed by atoms with Gasteiger partial charge in [-0.05, 0) is 60.4 Å². The van der Waals surface area contributed by atoms with Gasteiger partial charge in [0.2, 0.25) is 5.88 Å². The van der Waals surface area contributed by atoms with E-state index in [1.165, 1.54) is 0 Å². The molecule has 1 aliphatic heterocycles. The van der Waals surface area contributed by atoms with Crippen molar-refractivity contribution in [2.75, 3.05) is 25.5 Å². The van der Waals surface area contributed by atoms with E-state index in [4.69, 9.17) is 4.74 Å². The van der Waals surface area contributed by atoms with E-state index in [9.17, 15) is 4.79 Å². The van der Waals surface area contributed by atoms with Crippen LogP contribution in [0.5, 0.6) is 5.88 Å². The van der Waals surface area contributed by atoms with E-state index in [0.717, 1.165) is 56.6 Å². The lowest BCUT2D eigenvalue weighted by Crippen LogP contribution is -2.20. The van der Waals surface area contributed by atoms with E-state index in [2.05, 4.69) is 45.5 Å². The van der Waals surface area contributed by atoms with E-state index in [1.807, 2.05) is 36.5 Å². The number of nitrogens with one attached hydrogen (secondary N) is 3. The molecule has 0 radical (unpaired) electrons. The third kappa shape index (κ3) is 3.82. The molecule has 33 heavy (non-hydrogen) atoms. The summed E-state index contributed by atoms with van der Waals surface area (Å²) in [5, 5.41) is 7.17. The van der Waals surface area contributed by atoms with Crippen molar-refractivity contribution in [3.63, 3.8) is 0 Å². The Bertz CT molecular complexity index is 1370. The van der Waals surface area contributed by atoms with Crippen LogP contribution in [-0.4, -0.2) is 41.1 Å². The molecule has 0 saturated carbocycles. The second kappa shape index (κ2) is 8.43. The van der Waals surface area contributed by atoms with Gasteiger partial charge in [0.25, 0.3) is 5.91 Å². The Morgan fingerprint density at radius 1 is 1.15 bits per heavy atom. The minimum absolute atomic E-state index is 0.156. The molecule has 3 aromatic heterocycles. The number of aromatic nitrogens is 3. The highest BCUT2D eigenvalue weighted by Gasteiger charge is 2.19. The number of carbonyl (C=O) groups excluding carboxylic acids is 1. The number of fused-ring (bicyclic) bond motifs is 2. The fraction of sp³-hybridized carbons (Fsp3) is 0.192. The van der Waals surface area contributed by atoms with Gasteiger partial charge in [-0.3, -0.25) is 9.78 Å². The van der Waals surface area contributed by atoms with Gasteiger partial charge in [0.1, 0.15) is 12.3 Å². The molecular formula is C26H25N5O2. The Morgan fingerprint density at radius 3 is 2.85 bits per heavy atom. The molecule has 0 unspecified atom stereocenters. The monoisotopic (exact) mass is 439 g/mol. The van der Waals surface area contributed by atoms with Gasteiger partial charge in [-0.25, -0.2) is 4.98 Å². The number of ether oxygens (including phenoxy) is 1. The maximum absolute atomic E-state index is 12.9. The Hall–Kier alpha value is -4.13. The second-order valence-corrected chi connectivity index (χ2v) is 8.11. The summed E-state index contributed by atoms with van der Waals surface area (Å²) in [6.07, 6.45) is 7.27. The first kappa shape index (κ1) is 20.8. The third-order valence-electron chi connectivity index (χ3n) is 6.00. The minimum atomic E-state index is -0.156. The first-order valence-electron chi connectivity index (χ1n) is 10.9. The van der Waals surface area contributed by atoms with Crippen LogP contribution in [0.4, 0.5) is 5.69 Å². The standard InChI is InChI=1S/C26H25N5O2/c1-15-4-5-17(11-20(15)22-14-30-26-24(16(22)2)29-8-9-33-26)21(25(32)27-3)12-19-10-18-13-28-7-6-23(18)31-19/h4-7,10-14,29,31H,8-9H2,1-3H3,(H,27,32)/b21-12-. The summed E-state index contributed by atoms with van der Waals surface area (Å²) in [7, 11) is 1.64. The molecule has 1 amide bonds. The summed E-state index contributed by atoms with van der Waals surface area (Å²) in [5.41, 5.74) is 8.37. The van der Waals surface area contributed by atoms with Gasteiger partial charge in [-0.1, -0.05) is 12.1 Å². The van der Waals surface area contributed by atoms with Crippen LogP contribution in [-0.2, 0) is 4.79 Å². The van der Waals surface area contributed by atoms with Gasteiger partial charge in [0.15, 0.2) is 0 Å². The number of aromatic amines is 1. The average molecular weight is 440 g/mol. The molecule has 4 aromatic rings. The van der Waals surface area contributed by atoms with E-state index < -0.39 is 0 Å². The Kier molecular flexibility index (Phi) is 5.30. The van der Waals surface area contributed by atoms with Gasteiger partial charge in [0.05, 0.1) is 0 Å². The van der Waals surface area contributed by atoms with Crippen LogP contribution < -0.4 is 15.4 Å². The van der Waals surface area contributed by atoms with E-state index in [1.54, 1.807) is 19.4 Å². The fourth-order valence-electron chi connectivity index (χ4n) is 4.21. The Balaban J connectivity index is 1.62. The van der Waals surface area contributed by atoms with Crippen molar-refractivity contribution in [2.24, 2.45) is 0 Å². The van der Waals surface area contributed by atoms with E-state index in [-0.39, 0.29) is 5.91 Å². The highest BCUT2D eigenvalue weighted by Crippen LogP contribution is 2.37. The summed E-state index contributed by atoms with van der Waals surface area (Å²) in [6, 6.07) is 9.98. The summed E-state index contributed by atoms with van der Waals surface area (Å²) in [5.74, 6) is 0.479. The number of nitrogens with zero attached hydrogens (tertiary/aromatic N) is 2. The van der Waals surface area contributed by atoms with Gasteiger partial charge in [-0.2, -0.15) is 0 Å². The summed E-state index contributed by atoms with van der Waals surface area (Å²) >= 11 is 0. The lowest BCUT2D eigenvalue weighted by Gasteiger charge is -2.22.